The van der Waals surface area contributed by atoms with E-state index in [0.29, 0.717) is 0 Å². The fraction of sp³-hybridized carbons (Fsp3) is 0.435. The van der Waals surface area contributed by atoms with Crippen molar-refractivity contribution in [2.75, 3.05) is 4.90 Å². The molecule has 2 aromatic carbocycles. The van der Waals surface area contributed by atoms with Crippen LogP contribution in [0.5, 0.6) is 0 Å². The summed E-state index contributed by atoms with van der Waals surface area (Å²) in [6.07, 6.45) is 12.2. The van der Waals surface area contributed by atoms with Crippen molar-refractivity contribution in [3.05, 3.63) is 39.9 Å². The minimum Gasteiger partial charge on any atom is -0.370 e. The summed E-state index contributed by atoms with van der Waals surface area (Å²) in [5, 5.41) is 11.1. The van der Waals surface area contributed by atoms with Crippen molar-refractivity contribution >= 4 is 50.5 Å². The summed E-state index contributed by atoms with van der Waals surface area (Å²) in [5.74, 6) is 2.65. The van der Waals surface area contributed by atoms with Crippen molar-refractivity contribution in [2.24, 2.45) is 23.5 Å². The van der Waals surface area contributed by atoms with Gasteiger partial charge in [0, 0.05) is 15.6 Å². The predicted octanol–water partition coefficient (Wildman–Crippen LogP) is 5.75. The molecule has 3 nitrogen and oxygen atoms in total. The maximum Gasteiger partial charge on any atom is 0.193 e. The Balaban J connectivity index is 1.58. The van der Waals surface area contributed by atoms with Gasteiger partial charge in [-0.05, 0) is 94.6 Å². The zero-order valence-corrected chi connectivity index (χ0v) is 16.9. The monoisotopic (exact) mass is 421 g/mol. The maximum absolute atomic E-state index is 8.58. The average molecular weight is 422 g/mol. The molecule has 0 aliphatic heterocycles. The fourth-order valence-corrected chi connectivity index (χ4v) is 7.76. The molecule has 4 bridgehead atoms. The standard InChI is InChI=1S/C23H24BrN3/c24-19-9-17-3-1-2-16-4-5-18(20(16)17)21(19)27(22(25)26)23-10-13-6-14(11-23)8-15(7-13)12-23/h1-5,9,13-15H,6-8,10-12H2,(H3,25,26). The van der Waals surface area contributed by atoms with E-state index in [-0.39, 0.29) is 11.5 Å². The van der Waals surface area contributed by atoms with E-state index in [1.807, 2.05) is 0 Å². The molecule has 4 saturated carbocycles. The third-order valence-corrected chi connectivity index (χ3v) is 8.14. The molecule has 5 aliphatic carbocycles. The highest BCUT2D eigenvalue weighted by Gasteiger charge is 2.55. The molecule has 0 spiro atoms. The van der Waals surface area contributed by atoms with Gasteiger partial charge < -0.3 is 10.6 Å². The van der Waals surface area contributed by atoms with Crippen LogP contribution in [0.2, 0.25) is 0 Å². The number of nitrogens with one attached hydrogen (secondary N) is 1. The van der Waals surface area contributed by atoms with E-state index >= 15 is 0 Å². The zero-order chi connectivity index (χ0) is 18.3. The van der Waals surface area contributed by atoms with Gasteiger partial charge in [0.1, 0.15) is 0 Å². The van der Waals surface area contributed by atoms with Gasteiger partial charge in [-0.25, -0.2) is 0 Å². The van der Waals surface area contributed by atoms with E-state index in [4.69, 9.17) is 11.1 Å². The maximum atomic E-state index is 8.58. The highest BCUT2D eigenvalue weighted by molar-refractivity contribution is 9.10. The second-order valence-corrected chi connectivity index (χ2v) is 10.1. The van der Waals surface area contributed by atoms with Crippen molar-refractivity contribution in [3.63, 3.8) is 0 Å². The zero-order valence-electron chi connectivity index (χ0n) is 15.3. The first kappa shape index (κ1) is 16.2. The Morgan fingerprint density at radius 3 is 2.37 bits per heavy atom. The summed E-state index contributed by atoms with van der Waals surface area (Å²) >= 11 is 3.85. The number of hydrogen-bond acceptors (Lipinski definition) is 1. The molecule has 0 heterocycles. The van der Waals surface area contributed by atoms with Crippen LogP contribution in [0.3, 0.4) is 0 Å². The lowest BCUT2D eigenvalue weighted by molar-refractivity contribution is 0.00163. The number of rotatable bonds is 2. The van der Waals surface area contributed by atoms with Crippen molar-refractivity contribution < 1.29 is 0 Å². The van der Waals surface area contributed by atoms with Crippen molar-refractivity contribution in [2.45, 2.75) is 44.1 Å². The van der Waals surface area contributed by atoms with E-state index in [1.54, 1.807) is 0 Å². The van der Waals surface area contributed by atoms with Gasteiger partial charge in [-0.3, -0.25) is 5.41 Å². The lowest BCUT2D eigenvalue weighted by Gasteiger charge is -2.60. The molecule has 0 amide bonds. The molecular formula is C23H24BrN3. The summed E-state index contributed by atoms with van der Waals surface area (Å²) in [6, 6.07) is 8.68. The molecule has 138 valence electrons. The molecule has 0 radical (unpaired) electrons. The molecule has 0 unspecified atom stereocenters. The van der Waals surface area contributed by atoms with Crippen molar-refractivity contribution in [3.8, 4) is 0 Å². The van der Waals surface area contributed by atoms with Gasteiger partial charge in [-0.1, -0.05) is 30.4 Å². The van der Waals surface area contributed by atoms with Crippen LogP contribution in [-0.4, -0.2) is 11.5 Å². The molecule has 0 aromatic heterocycles. The van der Waals surface area contributed by atoms with Crippen LogP contribution in [0.25, 0.3) is 22.9 Å². The summed E-state index contributed by atoms with van der Waals surface area (Å²) in [7, 11) is 0. The van der Waals surface area contributed by atoms with E-state index in [9.17, 15) is 0 Å². The second-order valence-electron chi connectivity index (χ2n) is 9.26. The number of benzene rings is 2. The largest absolute Gasteiger partial charge is 0.370 e. The van der Waals surface area contributed by atoms with Crippen molar-refractivity contribution in [1.29, 1.82) is 5.41 Å². The molecule has 2 aromatic rings. The van der Waals surface area contributed by atoms with Crippen molar-refractivity contribution in [1.82, 2.24) is 0 Å². The Bertz CT molecular complexity index is 987. The average Bonchev–Trinajstić information content (AvgIpc) is 3.02. The summed E-state index contributed by atoms with van der Waals surface area (Å²) < 4.78 is 1.06. The van der Waals surface area contributed by atoms with Gasteiger partial charge in [0.05, 0.1) is 5.69 Å². The number of nitrogens with two attached hydrogens (primary N) is 1. The Labute approximate surface area is 168 Å². The summed E-state index contributed by atoms with van der Waals surface area (Å²) in [5.41, 5.74) is 9.94. The van der Waals surface area contributed by atoms with Gasteiger partial charge in [-0.2, -0.15) is 0 Å². The number of guanidine groups is 1. The fourth-order valence-electron chi connectivity index (χ4n) is 7.13. The smallest absolute Gasteiger partial charge is 0.193 e. The first-order valence-corrected chi connectivity index (χ1v) is 10.9. The molecular weight excluding hydrogens is 398 g/mol. The summed E-state index contributed by atoms with van der Waals surface area (Å²) in [6.45, 7) is 0. The number of halogens is 1. The molecule has 4 heteroatoms. The summed E-state index contributed by atoms with van der Waals surface area (Å²) in [4.78, 5) is 2.22. The minimum absolute atomic E-state index is 0.0264. The Kier molecular flexibility index (Phi) is 3.22. The Morgan fingerprint density at radius 1 is 1.07 bits per heavy atom. The van der Waals surface area contributed by atoms with Gasteiger partial charge in [-0.15, -0.1) is 0 Å². The Morgan fingerprint density at radius 2 is 1.74 bits per heavy atom. The Hall–Kier alpha value is -1.81. The highest BCUT2D eigenvalue weighted by Crippen LogP contribution is 2.59. The van der Waals surface area contributed by atoms with E-state index in [0.717, 1.165) is 27.9 Å². The first-order chi connectivity index (χ1) is 13.0. The van der Waals surface area contributed by atoms with Gasteiger partial charge >= 0.3 is 0 Å². The van der Waals surface area contributed by atoms with Crippen LogP contribution in [0.1, 0.15) is 49.7 Å². The van der Waals surface area contributed by atoms with Crippen LogP contribution in [-0.2, 0) is 0 Å². The van der Waals surface area contributed by atoms with E-state index in [1.165, 1.54) is 60.4 Å². The van der Waals surface area contributed by atoms with Crippen LogP contribution in [0.4, 0.5) is 5.69 Å². The number of hydrogen-bond donors (Lipinski definition) is 2. The highest BCUT2D eigenvalue weighted by atomic mass is 79.9. The quantitative estimate of drug-likeness (QED) is 0.408. The molecule has 5 aliphatic rings. The number of nitrogens with zero attached hydrogens (tertiary/aromatic N) is 1. The molecule has 7 rings (SSSR count). The predicted molar refractivity (Wildman–Crippen MR) is 116 cm³/mol. The third-order valence-electron chi connectivity index (χ3n) is 7.54. The molecule has 4 fully saturated rings. The molecule has 0 atom stereocenters. The molecule has 0 saturated heterocycles. The van der Waals surface area contributed by atoms with Crippen LogP contribution in [0.15, 0.2) is 28.7 Å². The van der Waals surface area contributed by atoms with Crippen LogP contribution in [0, 0.1) is 23.2 Å². The van der Waals surface area contributed by atoms with Crippen LogP contribution >= 0.6 is 15.9 Å². The SMILES string of the molecule is N=C(N)N(c1c(Br)cc2cccc3c2c1C=C3)C12CC3CC(CC(C3)C1)C2. The normalized spacial score (nSPS) is 32.4. The minimum atomic E-state index is 0.0264. The van der Waals surface area contributed by atoms with Gasteiger partial charge in [0.15, 0.2) is 5.96 Å². The third kappa shape index (κ3) is 2.16. The lowest BCUT2D eigenvalue weighted by atomic mass is 9.52. The van der Waals surface area contributed by atoms with Gasteiger partial charge in [0.2, 0.25) is 0 Å². The first-order valence-electron chi connectivity index (χ1n) is 10.1. The van der Waals surface area contributed by atoms with E-state index < -0.39 is 0 Å². The van der Waals surface area contributed by atoms with Crippen LogP contribution < -0.4 is 10.6 Å². The number of anilines is 1. The molecule has 3 N–H and O–H groups in total. The topological polar surface area (TPSA) is 53.1 Å². The second kappa shape index (κ2) is 5.38. The molecule has 27 heavy (non-hydrogen) atoms. The lowest BCUT2D eigenvalue weighted by Crippen LogP contribution is -2.63. The van der Waals surface area contributed by atoms with Gasteiger partial charge in [0.25, 0.3) is 0 Å². The van der Waals surface area contributed by atoms with E-state index in [2.05, 4.69) is 57.2 Å².